The molecular weight excluding hydrogens is 1350 g/mol. The monoisotopic (exact) mass is 1400 g/mol. The Hall–Kier alpha value is -14.0. The molecule has 28 nitrogen and oxygen atoms in total. The van der Waals surface area contributed by atoms with E-state index in [0.717, 1.165) is 104 Å². The van der Waals surface area contributed by atoms with Gasteiger partial charge in [-0.3, -0.25) is 15.3 Å². The number of hydrogen-bond acceptors (Lipinski definition) is 23. The molecule has 32 heteroatoms. The van der Waals surface area contributed by atoms with Gasteiger partial charge in [-0.25, -0.2) is 59.8 Å². The Morgan fingerprint density at radius 2 is 0.817 bits per heavy atom. The molecule has 508 valence electrons. The fourth-order valence-corrected chi connectivity index (χ4v) is 11.7. The molecule has 1 saturated heterocycles. The molecule has 0 bridgehead atoms. The summed E-state index contributed by atoms with van der Waals surface area (Å²) in [5, 5.41) is 39.8. The molecule has 18 rings (SSSR count). The van der Waals surface area contributed by atoms with Gasteiger partial charge in [0.2, 0.25) is 23.7 Å². The minimum Gasteiger partial charge on any atom is -0.368 e. The zero-order valence-electron chi connectivity index (χ0n) is 54.5. The molecule has 3 N–H and O–H groups in total. The van der Waals surface area contributed by atoms with Crippen LogP contribution < -0.4 is 19.6 Å². The van der Waals surface area contributed by atoms with Crippen molar-refractivity contribution in [3.8, 4) is 70.1 Å². The van der Waals surface area contributed by atoms with Crippen LogP contribution in [-0.2, 0) is 32.4 Å². The van der Waals surface area contributed by atoms with Crippen LogP contribution in [0, 0.1) is 35.5 Å². The highest BCUT2D eigenvalue weighted by Gasteiger charge is 2.40. The Labute approximate surface area is 593 Å². The van der Waals surface area contributed by atoms with E-state index < -0.39 is 12.0 Å². The zero-order chi connectivity index (χ0) is 70.4. The minimum atomic E-state index is -4.55. The van der Waals surface area contributed by atoms with Crippen molar-refractivity contribution in [3.63, 3.8) is 0 Å². The van der Waals surface area contributed by atoms with E-state index in [1.54, 1.807) is 97.3 Å². The molecule has 0 unspecified atom stereocenters. The molecule has 1 fully saturated rings. The summed E-state index contributed by atoms with van der Waals surface area (Å²) in [6.07, 6.45) is 12.5. The fourth-order valence-electron chi connectivity index (χ4n) is 11.6. The molecule has 0 spiro atoms. The third kappa shape index (κ3) is 14.7. The number of hydrogen-bond donors (Lipinski definition) is 3. The average molecular weight is 1400 g/mol. The Balaban J connectivity index is 0.000000120. The van der Waals surface area contributed by atoms with Gasteiger partial charge in [-0.2, -0.15) is 28.5 Å². The summed E-state index contributed by atoms with van der Waals surface area (Å²) in [5.41, 5.74) is 10.2. The molecule has 4 aromatic carbocycles. The van der Waals surface area contributed by atoms with Gasteiger partial charge in [0.05, 0.1) is 48.2 Å². The number of rotatable bonds is 7. The second kappa shape index (κ2) is 28.7. The van der Waals surface area contributed by atoms with Crippen LogP contribution >= 0.6 is 11.6 Å². The first kappa shape index (κ1) is 64.7. The van der Waals surface area contributed by atoms with Crippen LogP contribution in [0.5, 0.6) is 0 Å². The van der Waals surface area contributed by atoms with E-state index in [0.29, 0.717) is 76.0 Å². The van der Waals surface area contributed by atoms with Crippen LogP contribution in [0.2, 0.25) is 5.02 Å². The summed E-state index contributed by atoms with van der Waals surface area (Å²) < 4.78 is 42.5. The number of aromatic amines is 3. The predicted octanol–water partition coefficient (Wildman–Crippen LogP) is 8.85. The van der Waals surface area contributed by atoms with Crippen molar-refractivity contribution in [2.75, 3.05) is 58.9 Å². The van der Waals surface area contributed by atoms with Crippen molar-refractivity contribution in [1.29, 1.82) is 0 Å². The van der Waals surface area contributed by atoms with E-state index in [2.05, 4.69) is 168 Å². The lowest BCUT2D eigenvalue weighted by Gasteiger charge is -2.36. The lowest BCUT2D eigenvalue weighted by molar-refractivity contribution is -0.147. The number of halogens is 4. The van der Waals surface area contributed by atoms with Crippen molar-refractivity contribution < 1.29 is 13.2 Å². The van der Waals surface area contributed by atoms with Crippen molar-refractivity contribution in [2.24, 2.45) is 0 Å². The van der Waals surface area contributed by atoms with Crippen LogP contribution in [0.3, 0.4) is 0 Å². The molecule has 0 saturated carbocycles. The first-order chi connectivity index (χ1) is 51.0. The third-order valence-electron chi connectivity index (χ3n) is 16.9. The fraction of sp³-hybridized carbons (Fsp3) is 0.153. The molecule has 0 aliphatic carbocycles. The van der Waals surface area contributed by atoms with Crippen LogP contribution in [0.25, 0.3) is 67.3 Å². The molecule has 15 aromatic rings. The summed E-state index contributed by atoms with van der Waals surface area (Å²) in [5.74, 6) is 21.8. The summed E-state index contributed by atoms with van der Waals surface area (Å²) in [6, 6.07) is 36.1. The summed E-state index contributed by atoms with van der Waals surface area (Å²) in [6.45, 7) is 6.00. The number of nitrogens with zero attached hydrogens (tertiary/aromatic N) is 25. The summed E-state index contributed by atoms with van der Waals surface area (Å²) >= 11 is 6.03. The number of benzene rings is 4. The zero-order valence-corrected chi connectivity index (χ0v) is 55.3. The predicted molar refractivity (Wildman–Crippen MR) is 378 cm³/mol. The summed E-state index contributed by atoms with van der Waals surface area (Å²) in [7, 11) is 0. The quantitative estimate of drug-likeness (QED) is 0.125. The number of aromatic nitrogens is 24. The number of nitrogens with one attached hydrogen (secondary N) is 3. The van der Waals surface area contributed by atoms with Gasteiger partial charge >= 0.3 is 6.18 Å². The van der Waals surface area contributed by atoms with Crippen molar-refractivity contribution in [2.45, 2.75) is 32.4 Å². The van der Waals surface area contributed by atoms with Crippen molar-refractivity contribution >= 4 is 67.8 Å². The SMILES string of the molecule is C(#Cc1ccnc(-c2ccnc(N3CCn4cnnc4C3)n2)n1)c1ccc2[nH]ncc2c1.Clc1ccc(N2CCN(c3nccc(-c4nccc(C#Cc5ccc6[nH]ncc6c5)n4)n3)CC2)cc1.FC(F)(F)c1nnc2n1CCN(c1nccc(-c3nccc(C#Cc4ccc5[nH]ncc5c4)n3)n1)C2. The van der Waals surface area contributed by atoms with Gasteiger partial charge in [0.25, 0.3) is 0 Å². The highest BCUT2D eigenvalue weighted by molar-refractivity contribution is 6.30. The molecular formula is C72H52ClF3N28. The van der Waals surface area contributed by atoms with Gasteiger partial charge in [-0.05, 0) is 133 Å². The molecule has 0 amide bonds. The van der Waals surface area contributed by atoms with Gasteiger partial charge in [-0.1, -0.05) is 29.4 Å². The number of alkyl halides is 3. The topological polar surface area (TPSA) is 315 Å². The number of anilines is 4. The number of fused-ring (bicyclic) bond motifs is 5. The Morgan fingerprint density at radius 3 is 1.29 bits per heavy atom. The Bertz CT molecular complexity index is 5850. The van der Waals surface area contributed by atoms with Gasteiger partial charge in [0.1, 0.15) is 40.5 Å². The van der Waals surface area contributed by atoms with Gasteiger partial charge in [0, 0.05) is 133 Å². The van der Waals surface area contributed by atoms with Crippen LogP contribution in [0.1, 0.15) is 51.2 Å². The van der Waals surface area contributed by atoms with Crippen molar-refractivity contribution in [3.05, 3.63) is 234 Å². The van der Waals surface area contributed by atoms with E-state index in [1.807, 2.05) is 77.4 Å². The smallest absolute Gasteiger partial charge is 0.368 e. The maximum atomic E-state index is 13.1. The molecule has 3 aliphatic rings. The van der Waals surface area contributed by atoms with Crippen LogP contribution in [0.4, 0.5) is 36.7 Å². The maximum absolute atomic E-state index is 13.1. The molecule has 0 atom stereocenters. The van der Waals surface area contributed by atoms with Gasteiger partial charge in [-0.15, -0.1) is 20.4 Å². The first-order valence-electron chi connectivity index (χ1n) is 32.4. The van der Waals surface area contributed by atoms with Crippen molar-refractivity contribution in [1.82, 2.24) is 120 Å². The molecule has 104 heavy (non-hydrogen) atoms. The maximum Gasteiger partial charge on any atom is 0.451 e. The molecule has 11 aromatic heterocycles. The Morgan fingerprint density at radius 1 is 0.394 bits per heavy atom. The highest BCUT2D eigenvalue weighted by atomic mass is 35.5. The van der Waals surface area contributed by atoms with E-state index in [9.17, 15) is 13.2 Å². The number of H-pyrrole nitrogens is 3. The Kier molecular flexibility index (Phi) is 17.8. The van der Waals surface area contributed by atoms with E-state index in [1.165, 1.54) is 5.69 Å². The van der Waals surface area contributed by atoms with E-state index in [-0.39, 0.29) is 25.5 Å². The minimum absolute atomic E-state index is 0.0664. The largest absolute Gasteiger partial charge is 0.451 e. The third-order valence-corrected chi connectivity index (χ3v) is 17.1. The van der Waals surface area contributed by atoms with E-state index in [4.69, 9.17) is 16.6 Å². The molecule has 0 radical (unpaired) electrons. The normalized spacial score (nSPS) is 13.3. The lowest BCUT2D eigenvalue weighted by atomic mass is 10.1. The summed E-state index contributed by atoms with van der Waals surface area (Å²) in [4.78, 5) is 62.4. The van der Waals surface area contributed by atoms with Gasteiger partial charge < -0.3 is 28.7 Å². The highest BCUT2D eigenvalue weighted by Crippen LogP contribution is 2.31. The lowest BCUT2D eigenvalue weighted by Crippen LogP contribution is -2.47. The second-order valence-electron chi connectivity index (χ2n) is 23.6. The van der Waals surface area contributed by atoms with Crippen LogP contribution in [0.15, 0.2) is 177 Å². The average Bonchev–Trinajstić information content (AvgIpc) is 1.50. The first-order valence-corrected chi connectivity index (χ1v) is 32.8. The standard InChI is InChI=1S/C27H21ClN8.C23H15F3N10.C22H16N10/c28-21-3-6-23(7-4-21)35-13-15-36(16-14-35)27-30-12-10-25(33-27)26-29-11-9-22(32-26)5-1-19-2-8-24-20(17-19)18-31-34-24;24-23(25,26)21-34-33-19-13-35(9-10-36(19)21)22-28-8-6-18(31-22)20-27-7-5-16(30-20)3-1-14-2-4-17-15(11-14)12-29-32-17;1(15-2-4-18-16(11-15)12-25-29-18)3-17-5-7-23-21(27-17)19-6-8-24-22(28-19)31-9-10-32-14-26-30-20(32)13-31/h2-4,6-12,17-18H,13-16H2,(H,31,34);2,4-8,11-12H,9-10,13H2,(H,29,32);2,4-8,11-12,14H,9-10,13H2,(H,25,29). The van der Waals surface area contributed by atoms with E-state index >= 15 is 0 Å². The van der Waals surface area contributed by atoms with Gasteiger partial charge in [0.15, 0.2) is 29.1 Å². The molecule has 14 heterocycles. The number of piperazine rings is 1. The molecule has 3 aliphatic heterocycles. The second-order valence-corrected chi connectivity index (χ2v) is 24.0. The van der Waals surface area contributed by atoms with Crippen LogP contribution in [-0.4, -0.2) is 159 Å².